The Hall–Kier alpha value is -3.15. The lowest BCUT2D eigenvalue weighted by atomic mass is 9.64. The van der Waals surface area contributed by atoms with Crippen molar-refractivity contribution in [2.45, 2.75) is 19.4 Å². The highest BCUT2D eigenvalue weighted by atomic mass is 16.5. The van der Waals surface area contributed by atoms with Crippen molar-refractivity contribution in [2.24, 2.45) is 11.8 Å². The maximum absolute atomic E-state index is 13.1. The molecule has 6 heteroatoms. The first-order chi connectivity index (χ1) is 12.4. The highest BCUT2D eigenvalue weighted by Gasteiger charge is 2.53. The van der Waals surface area contributed by atoms with Gasteiger partial charge in [0.2, 0.25) is 0 Å². The van der Waals surface area contributed by atoms with Gasteiger partial charge < -0.3 is 4.74 Å². The zero-order chi connectivity index (χ0) is 18.6. The van der Waals surface area contributed by atoms with Gasteiger partial charge in [0.25, 0.3) is 0 Å². The van der Waals surface area contributed by atoms with Crippen LogP contribution in [0.1, 0.15) is 34.1 Å². The van der Waals surface area contributed by atoms with Crippen LogP contribution in [-0.2, 0) is 19.1 Å². The molecule has 3 aliphatic carbocycles. The second-order valence-electron chi connectivity index (χ2n) is 6.55. The third-order valence-electron chi connectivity index (χ3n) is 5.06. The summed E-state index contributed by atoms with van der Waals surface area (Å²) in [5.41, 5.74) is -0.436. The lowest BCUT2D eigenvalue weighted by Gasteiger charge is -2.37. The van der Waals surface area contributed by atoms with Crippen molar-refractivity contribution in [2.75, 3.05) is 0 Å². The fraction of sp³-hybridized carbons (Fsp3) is 0.250. The molecule has 1 aromatic carbocycles. The zero-order valence-electron chi connectivity index (χ0n) is 13.9. The molecule has 0 saturated carbocycles. The van der Waals surface area contributed by atoms with Crippen molar-refractivity contribution in [3.8, 4) is 0 Å². The largest absolute Gasteiger partial charge is 0.458 e. The summed E-state index contributed by atoms with van der Waals surface area (Å²) in [5.74, 6) is -4.72. The van der Waals surface area contributed by atoms with Gasteiger partial charge in [-0.1, -0.05) is 30.3 Å². The van der Waals surface area contributed by atoms with E-state index in [0.717, 1.165) is 0 Å². The van der Waals surface area contributed by atoms with Gasteiger partial charge in [-0.3, -0.25) is 24.0 Å². The quantitative estimate of drug-likeness (QED) is 0.434. The van der Waals surface area contributed by atoms with E-state index in [0.29, 0.717) is 0 Å². The van der Waals surface area contributed by atoms with E-state index in [1.165, 1.54) is 19.1 Å². The van der Waals surface area contributed by atoms with Gasteiger partial charge >= 0.3 is 5.97 Å². The molecule has 0 amide bonds. The lowest BCUT2D eigenvalue weighted by molar-refractivity contribution is -0.151. The van der Waals surface area contributed by atoms with E-state index in [2.05, 4.69) is 0 Å². The fourth-order valence-electron chi connectivity index (χ4n) is 3.96. The smallest absolute Gasteiger partial charge is 0.303 e. The summed E-state index contributed by atoms with van der Waals surface area (Å²) in [6, 6.07) is 6.14. The summed E-state index contributed by atoms with van der Waals surface area (Å²) in [6.45, 7) is 1.21. The number of benzene rings is 1. The third kappa shape index (κ3) is 2.15. The van der Waals surface area contributed by atoms with Gasteiger partial charge in [0.05, 0.1) is 17.1 Å². The molecule has 3 atom stereocenters. The summed E-state index contributed by atoms with van der Waals surface area (Å²) in [6.07, 6.45) is 2.56. The Balaban J connectivity index is 1.87. The van der Waals surface area contributed by atoms with Crippen LogP contribution in [0.4, 0.5) is 0 Å². The first-order valence-electron chi connectivity index (χ1n) is 8.26. The number of carbonyl (C=O) groups is 5. The normalized spacial score (nSPS) is 27.0. The Morgan fingerprint density at radius 2 is 1.54 bits per heavy atom. The number of Topliss-reactive ketones (excluding diaryl/α,β-unsaturated/α-hetero) is 4. The number of ketones is 4. The lowest BCUT2D eigenvalue weighted by Crippen LogP contribution is -2.49. The molecule has 3 unspecified atom stereocenters. The molecule has 0 bridgehead atoms. The van der Waals surface area contributed by atoms with Crippen molar-refractivity contribution in [1.82, 2.24) is 0 Å². The standard InChI is InChI=1S/C20H14O6/c1-9(21)26-13-8-4-7-12-14(13)20(25)16-15(19(12)24)17(22)10-5-2-3-6-11(10)18(16)23/h2-6,8,12-14H,7H2,1H3. The monoisotopic (exact) mass is 350 g/mol. The van der Waals surface area contributed by atoms with E-state index in [4.69, 9.17) is 4.74 Å². The van der Waals surface area contributed by atoms with Crippen LogP contribution in [0.25, 0.3) is 0 Å². The molecule has 4 rings (SSSR count). The first-order valence-corrected chi connectivity index (χ1v) is 8.26. The van der Waals surface area contributed by atoms with E-state index in [-0.39, 0.29) is 28.7 Å². The van der Waals surface area contributed by atoms with Crippen molar-refractivity contribution in [3.63, 3.8) is 0 Å². The number of carbonyl (C=O) groups excluding carboxylic acids is 5. The van der Waals surface area contributed by atoms with Gasteiger partial charge in [-0.15, -0.1) is 0 Å². The van der Waals surface area contributed by atoms with Crippen LogP contribution in [-0.4, -0.2) is 35.2 Å². The SMILES string of the molecule is CC(=O)OC1C=CCC2C(=O)C3=C(C(=O)c4ccccc4C3=O)C(=O)C12. The highest BCUT2D eigenvalue weighted by molar-refractivity contribution is 6.45. The average Bonchev–Trinajstić information content (AvgIpc) is 2.62. The van der Waals surface area contributed by atoms with Crippen LogP contribution < -0.4 is 0 Å². The van der Waals surface area contributed by atoms with E-state index in [1.807, 2.05) is 0 Å². The number of ether oxygens (including phenoxy) is 1. The molecule has 0 aromatic heterocycles. The van der Waals surface area contributed by atoms with Crippen LogP contribution in [0, 0.1) is 11.8 Å². The minimum absolute atomic E-state index is 0.117. The summed E-state index contributed by atoms with van der Waals surface area (Å²) in [7, 11) is 0. The predicted octanol–water partition coefficient (Wildman–Crippen LogP) is 1.64. The molecule has 130 valence electrons. The first kappa shape index (κ1) is 16.3. The summed E-state index contributed by atoms with van der Waals surface area (Å²) < 4.78 is 5.17. The van der Waals surface area contributed by atoms with Gasteiger partial charge in [-0.2, -0.15) is 0 Å². The van der Waals surface area contributed by atoms with E-state index in [1.54, 1.807) is 24.3 Å². The minimum atomic E-state index is -0.975. The predicted molar refractivity (Wildman–Crippen MR) is 88.4 cm³/mol. The summed E-state index contributed by atoms with van der Waals surface area (Å²) >= 11 is 0. The van der Waals surface area contributed by atoms with Gasteiger partial charge in [-0.05, 0) is 12.5 Å². The molecule has 0 aliphatic heterocycles. The number of hydrogen-bond acceptors (Lipinski definition) is 6. The molecule has 26 heavy (non-hydrogen) atoms. The van der Waals surface area contributed by atoms with Gasteiger partial charge in [0, 0.05) is 24.0 Å². The maximum atomic E-state index is 13.1. The Morgan fingerprint density at radius 1 is 0.962 bits per heavy atom. The molecule has 0 spiro atoms. The second kappa shape index (κ2) is 5.69. The number of fused-ring (bicyclic) bond motifs is 2. The molecule has 0 fully saturated rings. The Morgan fingerprint density at radius 3 is 2.12 bits per heavy atom. The number of hydrogen-bond donors (Lipinski definition) is 0. The Labute approximate surface area is 148 Å². The topological polar surface area (TPSA) is 94.6 Å². The van der Waals surface area contributed by atoms with E-state index >= 15 is 0 Å². The molecule has 0 N–H and O–H groups in total. The van der Waals surface area contributed by atoms with Crippen LogP contribution in [0.2, 0.25) is 0 Å². The van der Waals surface area contributed by atoms with Crippen molar-refractivity contribution in [1.29, 1.82) is 0 Å². The molecule has 3 aliphatic rings. The zero-order valence-corrected chi connectivity index (χ0v) is 13.9. The van der Waals surface area contributed by atoms with Gasteiger partial charge in [0.1, 0.15) is 6.10 Å². The maximum Gasteiger partial charge on any atom is 0.303 e. The Bertz CT molecular complexity index is 964. The summed E-state index contributed by atoms with van der Waals surface area (Å²) in [5, 5.41) is 0. The molecular weight excluding hydrogens is 336 g/mol. The van der Waals surface area contributed by atoms with E-state index < -0.39 is 47.0 Å². The summed E-state index contributed by atoms with van der Waals surface area (Å²) in [4.78, 5) is 63.1. The minimum Gasteiger partial charge on any atom is -0.458 e. The van der Waals surface area contributed by atoms with Crippen LogP contribution >= 0.6 is 0 Å². The number of esters is 1. The average molecular weight is 350 g/mol. The molecule has 1 aromatic rings. The van der Waals surface area contributed by atoms with Crippen molar-refractivity contribution >= 4 is 29.1 Å². The van der Waals surface area contributed by atoms with Gasteiger partial charge in [-0.25, -0.2) is 0 Å². The molecule has 0 radical (unpaired) electrons. The number of rotatable bonds is 1. The van der Waals surface area contributed by atoms with Gasteiger partial charge in [0.15, 0.2) is 23.1 Å². The van der Waals surface area contributed by atoms with Crippen LogP contribution in [0.5, 0.6) is 0 Å². The molecular formula is C20H14O6. The number of allylic oxidation sites excluding steroid dienone is 3. The second-order valence-corrected chi connectivity index (χ2v) is 6.55. The Kier molecular flexibility index (Phi) is 3.57. The molecule has 6 nitrogen and oxygen atoms in total. The molecule has 0 saturated heterocycles. The van der Waals surface area contributed by atoms with Crippen LogP contribution in [0.3, 0.4) is 0 Å². The fourth-order valence-corrected chi connectivity index (χ4v) is 3.96. The van der Waals surface area contributed by atoms with Crippen molar-refractivity contribution in [3.05, 3.63) is 58.7 Å². The van der Waals surface area contributed by atoms with E-state index in [9.17, 15) is 24.0 Å². The third-order valence-corrected chi connectivity index (χ3v) is 5.06. The van der Waals surface area contributed by atoms with Crippen LogP contribution in [0.15, 0.2) is 47.6 Å². The molecule has 0 heterocycles. The highest BCUT2D eigenvalue weighted by Crippen LogP contribution is 2.41. The van der Waals surface area contributed by atoms with Crippen molar-refractivity contribution < 1.29 is 28.7 Å².